The molecule has 8 nitrogen and oxygen atoms in total. The Hall–Kier alpha value is -4.79. The lowest BCUT2D eigenvalue weighted by atomic mass is 10.1. The molecule has 1 aromatic heterocycles. The van der Waals surface area contributed by atoms with E-state index in [0.717, 1.165) is 4.68 Å². The summed E-state index contributed by atoms with van der Waals surface area (Å²) in [5, 5.41) is 6.96. The smallest absolute Gasteiger partial charge is 0.338 e. The minimum atomic E-state index is -0.432. The van der Waals surface area contributed by atoms with Crippen LogP contribution in [-0.4, -0.2) is 28.3 Å². The molecule has 36 heavy (non-hydrogen) atoms. The third-order valence-electron chi connectivity index (χ3n) is 5.08. The maximum Gasteiger partial charge on any atom is 0.338 e. The highest BCUT2D eigenvalue weighted by molar-refractivity contribution is 6.04. The average Bonchev–Trinajstić information content (AvgIpc) is 2.89. The second-order valence-electron chi connectivity index (χ2n) is 7.64. The van der Waals surface area contributed by atoms with Crippen molar-refractivity contribution < 1.29 is 23.5 Å². The van der Waals surface area contributed by atoms with Crippen LogP contribution in [0.1, 0.15) is 33.2 Å². The number of carbonyl (C=O) groups excluding carboxylic acids is 2. The van der Waals surface area contributed by atoms with E-state index in [1.165, 1.54) is 24.3 Å². The standard InChI is InChI=1S/C27H22FN3O5/c1-2-35-27(34)20-6-10-22(11-7-20)29-26(33)19-8-12-23(13-9-19)31-25(32)15-14-24(30-31)36-17-18-4-3-5-21(28)16-18/h3-16H,2,17H2,1H3,(H,29,33). The highest BCUT2D eigenvalue weighted by Crippen LogP contribution is 2.15. The van der Waals surface area contributed by atoms with E-state index in [2.05, 4.69) is 10.4 Å². The number of hydrogen-bond donors (Lipinski definition) is 1. The Bertz CT molecular complexity index is 1430. The molecule has 0 fully saturated rings. The number of rotatable bonds is 8. The largest absolute Gasteiger partial charge is 0.472 e. The zero-order valence-corrected chi connectivity index (χ0v) is 19.3. The van der Waals surface area contributed by atoms with E-state index in [0.29, 0.717) is 28.1 Å². The Balaban J connectivity index is 1.43. The molecule has 0 saturated carbocycles. The highest BCUT2D eigenvalue weighted by Gasteiger charge is 2.10. The molecule has 1 N–H and O–H groups in total. The van der Waals surface area contributed by atoms with Crippen molar-refractivity contribution >= 4 is 17.6 Å². The number of ether oxygens (including phenoxy) is 2. The number of anilines is 1. The molecule has 3 aromatic carbocycles. The van der Waals surface area contributed by atoms with Gasteiger partial charge in [-0.1, -0.05) is 12.1 Å². The van der Waals surface area contributed by atoms with Crippen molar-refractivity contribution in [2.24, 2.45) is 0 Å². The Morgan fingerprint density at radius 1 is 0.944 bits per heavy atom. The Morgan fingerprint density at radius 3 is 2.36 bits per heavy atom. The van der Waals surface area contributed by atoms with E-state index in [4.69, 9.17) is 9.47 Å². The second kappa shape index (κ2) is 11.1. The summed E-state index contributed by atoms with van der Waals surface area (Å²) in [5.41, 5.74) is 1.94. The van der Waals surface area contributed by atoms with Crippen molar-refractivity contribution in [3.63, 3.8) is 0 Å². The molecule has 0 radical (unpaired) electrons. The molecule has 4 rings (SSSR count). The van der Waals surface area contributed by atoms with Crippen molar-refractivity contribution in [1.82, 2.24) is 9.78 Å². The van der Waals surface area contributed by atoms with Gasteiger partial charge in [0.1, 0.15) is 12.4 Å². The minimum Gasteiger partial charge on any atom is -0.472 e. The van der Waals surface area contributed by atoms with Crippen molar-refractivity contribution in [2.75, 3.05) is 11.9 Å². The summed E-state index contributed by atoms with van der Waals surface area (Å²) in [6.45, 7) is 2.09. The van der Waals surface area contributed by atoms with Crippen LogP contribution in [0.15, 0.2) is 89.7 Å². The molecule has 0 bridgehead atoms. The number of hydrogen-bond acceptors (Lipinski definition) is 6. The average molecular weight is 487 g/mol. The fourth-order valence-corrected chi connectivity index (χ4v) is 3.30. The molecule has 4 aromatic rings. The number of esters is 1. The Morgan fingerprint density at radius 2 is 1.67 bits per heavy atom. The fraction of sp³-hybridized carbons (Fsp3) is 0.111. The van der Waals surface area contributed by atoms with Gasteiger partial charge >= 0.3 is 5.97 Å². The first-order valence-electron chi connectivity index (χ1n) is 11.1. The van der Waals surface area contributed by atoms with Gasteiger partial charge in [0.15, 0.2) is 0 Å². The first kappa shape index (κ1) is 24.3. The van der Waals surface area contributed by atoms with Crippen molar-refractivity contribution in [2.45, 2.75) is 13.5 Å². The molecule has 9 heteroatoms. The van der Waals surface area contributed by atoms with E-state index in [-0.39, 0.29) is 36.4 Å². The van der Waals surface area contributed by atoms with Gasteiger partial charge in [-0.3, -0.25) is 9.59 Å². The number of carbonyl (C=O) groups is 2. The molecular formula is C27H22FN3O5. The Kier molecular flexibility index (Phi) is 7.50. The number of aromatic nitrogens is 2. The summed E-state index contributed by atoms with van der Waals surface area (Å²) in [7, 11) is 0. The van der Waals surface area contributed by atoms with Crippen LogP contribution in [0, 0.1) is 5.82 Å². The molecule has 182 valence electrons. The fourth-order valence-electron chi connectivity index (χ4n) is 3.30. The van der Waals surface area contributed by atoms with E-state index in [1.54, 1.807) is 67.6 Å². The summed E-state index contributed by atoms with van der Waals surface area (Å²) in [6, 6.07) is 21.4. The summed E-state index contributed by atoms with van der Waals surface area (Å²) < 4.78 is 25.0. The topological polar surface area (TPSA) is 99.5 Å². The SMILES string of the molecule is CCOC(=O)c1ccc(NC(=O)c2ccc(-n3nc(OCc4cccc(F)c4)ccc3=O)cc2)cc1. The third-order valence-corrected chi connectivity index (χ3v) is 5.08. The highest BCUT2D eigenvalue weighted by atomic mass is 19.1. The van der Waals surface area contributed by atoms with E-state index >= 15 is 0 Å². The van der Waals surface area contributed by atoms with Gasteiger partial charge in [0.05, 0.1) is 17.9 Å². The van der Waals surface area contributed by atoms with E-state index in [1.807, 2.05) is 0 Å². The number of nitrogens with one attached hydrogen (secondary N) is 1. The van der Waals surface area contributed by atoms with Crippen LogP contribution in [-0.2, 0) is 11.3 Å². The summed E-state index contributed by atoms with van der Waals surface area (Å²) in [4.78, 5) is 36.7. The third kappa shape index (κ3) is 6.01. The van der Waals surface area contributed by atoms with Crippen LogP contribution < -0.4 is 15.6 Å². The summed E-state index contributed by atoms with van der Waals surface area (Å²) in [5.74, 6) is -0.977. The molecular weight excluding hydrogens is 465 g/mol. The molecule has 0 saturated heterocycles. The lowest BCUT2D eigenvalue weighted by Gasteiger charge is -2.10. The van der Waals surface area contributed by atoms with Crippen LogP contribution in [0.5, 0.6) is 5.88 Å². The molecule has 0 aliphatic heterocycles. The van der Waals surface area contributed by atoms with Gasteiger partial charge in [-0.25, -0.2) is 9.18 Å². The van der Waals surface area contributed by atoms with Gasteiger partial charge in [-0.05, 0) is 73.2 Å². The van der Waals surface area contributed by atoms with Gasteiger partial charge in [0, 0.05) is 23.4 Å². The first-order chi connectivity index (χ1) is 17.4. The predicted octanol–water partition coefficient (Wildman–Crippen LogP) is 4.38. The molecule has 1 heterocycles. The lowest BCUT2D eigenvalue weighted by Crippen LogP contribution is -2.20. The second-order valence-corrected chi connectivity index (χ2v) is 7.64. The van der Waals surface area contributed by atoms with Crippen LogP contribution in [0.25, 0.3) is 5.69 Å². The molecule has 0 unspecified atom stereocenters. The van der Waals surface area contributed by atoms with Crippen LogP contribution in [0.3, 0.4) is 0 Å². The number of amides is 1. The van der Waals surface area contributed by atoms with Crippen molar-refractivity contribution in [3.05, 3.63) is 118 Å². The predicted molar refractivity (Wildman–Crippen MR) is 131 cm³/mol. The summed E-state index contributed by atoms with van der Waals surface area (Å²) >= 11 is 0. The zero-order valence-electron chi connectivity index (χ0n) is 19.3. The van der Waals surface area contributed by atoms with Gasteiger partial charge in [0.25, 0.3) is 11.5 Å². The van der Waals surface area contributed by atoms with Crippen molar-refractivity contribution in [3.8, 4) is 11.6 Å². The lowest BCUT2D eigenvalue weighted by molar-refractivity contribution is 0.0526. The van der Waals surface area contributed by atoms with Crippen LogP contribution in [0.2, 0.25) is 0 Å². The summed E-state index contributed by atoms with van der Waals surface area (Å²) in [6.07, 6.45) is 0. The zero-order chi connectivity index (χ0) is 25.5. The quantitative estimate of drug-likeness (QED) is 0.371. The maximum atomic E-state index is 13.4. The number of nitrogens with zero attached hydrogens (tertiary/aromatic N) is 2. The molecule has 0 atom stereocenters. The normalized spacial score (nSPS) is 10.5. The van der Waals surface area contributed by atoms with E-state index < -0.39 is 5.97 Å². The molecule has 0 aliphatic rings. The van der Waals surface area contributed by atoms with Gasteiger partial charge in [0.2, 0.25) is 5.88 Å². The Labute approximate surface area is 205 Å². The van der Waals surface area contributed by atoms with Gasteiger partial charge in [-0.2, -0.15) is 4.68 Å². The van der Waals surface area contributed by atoms with Gasteiger partial charge < -0.3 is 14.8 Å². The molecule has 1 amide bonds. The molecule has 0 spiro atoms. The van der Waals surface area contributed by atoms with Crippen LogP contribution in [0.4, 0.5) is 10.1 Å². The van der Waals surface area contributed by atoms with Crippen LogP contribution >= 0.6 is 0 Å². The minimum absolute atomic E-state index is 0.0862. The number of benzene rings is 3. The van der Waals surface area contributed by atoms with E-state index in [9.17, 15) is 18.8 Å². The maximum absolute atomic E-state index is 13.4. The first-order valence-corrected chi connectivity index (χ1v) is 11.1. The van der Waals surface area contributed by atoms with Gasteiger partial charge in [-0.15, -0.1) is 5.10 Å². The van der Waals surface area contributed by atoms with Crippen molar-refractivity contribution in [1.29, 1.82) is 0 Å². The monoisotopic (exact) mass is 487 g/mol. The molecule has 0 aliphatic carbocycles. The number of halogens is 1.